The van der Waals surface area contributed by atoms with Gasteiger partial charge in [0.25, 0.3) is 0 Å². The van der Waals surface area contributed by atoms with Crippen LogP contribution >= 0.6 is 12.4 Å². The molecule has 1 aliphatic rings. The summed E-state index contributed by atoms with van der Waals surface area (Å²) >= 11 is 0. The standard InChI is InChI=1S/C18H27N3O3.ClH/c1-12(2)10-15(21-9-5-4-6-17(21)22)18(23)20-13-7-8-16(24-3)14(19)11-13;/h7-8,11-12,15H,4-6,9-10,19H2,1-3H3,(H,20,23);1H. The Balaban J connectivity index is 0.00000312. The molecule has 1 aromatic carbocycles. The number of nitrogens with two attached hydrogens (primary N) is 1. The molecule has 1 atom stereocenters. The van der Waals surface area contributed by atoms with Crippen LogP contribution in [0.5, 0.6) is 5.75 Å². The Morgan fingerprint density at radius 3 is 2.64 bits per heavy atom. The quantitative estimate of drug-likeness (QED) is 0.754. The third kappa shape index (κ3) is 5.53. The van der Waals surface area contributed by atoms with Crippen molar-refractivity contribution in [2.75, 3.05) is 24.7 Å². The van der Waals surface area contributed by atoms with E-state index >= 15 is 0 Å². The Hall–Kier alpha value is -1.95. The second-order valence-electron chi connectivity index (χ2n) is 6.64. The highest BCUT2D eigenvalue weighted by Gasteiger charge is 2.31. The molecule has 1 aromatic rings. The van der Waals surface area contributed by atoms with Gasteiger partial charge in [0.1, 0.15) is 11.8 Å². The summed E-state index contributed by atoms with van der Waals surface area (Å²) in [4.78, 5) is 26.7. The van der Waals surface area contributed by atoms with Crippen molar-refractivity contribution in [3.05, 3.63) is 18.2 Å². The van der Waals surface area contributed by atoms with Gasteiger partial charge in [-0.05, 0) is 43.4 Å². The highest BCUT2D eigenvalue weighted by molar-refractivity contribution is 5.97. The number of nitrogens with zero attached hydrogens (tertiary/aromatic N) is 1. The molecule has 1 heterocycles. The van der Waals surface area contributed by atoms with Gasteiger partial charge in [0.2, 0.25) is 11.8 Å². The number of carbonyl (C=O) groups is 2. The SMILES string of the molecule is COc1ccc(NC(=O)C(CC(C)C)N2CCCCC2=O)cc1N.Cl. The zero-order chi connectivity index (χ0) is 17.7. The summed E-state index contributed by atoms with van der Waals surface area (Å²) < 4.78 is 5.12. The molecule has 2 amide bonds. The van der Waals surface area contributed by atoms with Crippen LogP contribution in [0.3, 0.4) is 0 Å². The number of hydrogen-bond donors (Lipinski definition) is 2. The summed E-state index contributed by atoms with van der Waals surface area (Å²) in [7, 11) is 1.55. The second kappa shape index (κ2) is 9.51. The minimum Gasteiger partial charge on any atom is -0.495 e. The molecular formula is C18H28ClN3O3. The van der Waals surface area contributed by atoms with Gasteiger partial charge in [0.15, 0.2) is 0 Å². The summed E-state index contributed by atoms with van der Waals surface area (Å²) in [5.74, 6) is 0.786. The second-order valence-corrected chi connectivity index (χ2v) is 6.64. The number of anilines is 2. The number of hydrogen-bond acceptors (Lipinski definition) is 4. The molecule has 0 spiro atoms. The van der Waals surface area contributed by atoms with Gasteiger partial charge in [-0.1, -0.05) is 13.8 Å². The molecule has 0 saturated carbocycles. The number of carbonyl (C=O) groups excluding carboxylic acids is 2. The average Bonchev–Trinajstić information content (AvgIpc) is 2.53. The fourth-order valence-corrected chi connectivity index (χ4v) is 3.02. The van der Waals surface area contributed by atoms with Crippen LogP contribution in [0.1, 0.15) is 39.5 Å². The summed E-state index contributed by atoms with van der Waals surface area (Å²) in [5.41, 5.74) is 6.96. The topological polar surface area (TPSA) is 84.7 Å². The van der Waals surface area contributed by atoms with Crippen molar-refractivity contribution < 1.29 is 14.3 Å². The maximum absolute atomic E-state index is 12.8. The predicted octanol–water partition coefficient (Wildman–Crippen LogP) is 3.06. The Labute approximate surface area is 155 Å². The summed E-state index contributed by atoms with van der Waals surface area (Å²) in [5, 5.41) is 2.89. The van der Waals surface area contributed by atoms with E-state index in [9.17, 15) is 9.59 Å². The van der Waals surface area contributed by atoms with Crippen LogP contribution in [0, 0.1) is 5.92 Å². The van der Waals surface area contributed by atoms with E-state index in [0.29, 0.717) is 42.4 Å². The van der Waals surface area contributed by atoms with Crippen molar-refractivity contribution in [3.8, 4) is 5.75 Å². The van der Waals surface area contributed by atoms with E-state index in [1.54, 1.807) is 30.2 Å². The Bertz CT molecular complexity index is 607. The van der Waals surface area contributed by atoms with Crippen molar-refractivity contribution in [2.45, 2.75) is 45.6 Å². The first kappa shape index (κ1) is 21.1. The first-order valence-corrected chi connectivity index (χ1v) is 8.46. The zero-order valence-corrected chi connectivity index (χ0v) is 15.9. The molecule has 6 nitrogen and oxygen atoms in total. The number of ether oxygens (including phenoxy) is 1. The van der Waals surface area contributed by atoms with E-state index in [4.69, 9.17) is 10.5 Å². The molecule has 1 unspecified atom stereocenters. The van der Waals surface area contributed by atoms with Crippen LogP contribution in [0.4, 0.5) is 11.4 Å². The summed E-state index contributed by atoms with van der Waals surface area (Å²) in [6.07, 6.45) is 3.02. The van der Waals surface area contributed by atoms with Gasteiger partial charge >= 0.3 is 0 Å². The fraction of sp³-hybridized carbons (Fsp3) is 0.556. The number of nitrogen functional groups attached to an aromatic ring is 1. The molecule has 2 rings (SSSR count). The molecule has 0 aliphatic carbocycles. The average molecular weight is 370 g/mol. The highest BCUT2D eigenvalue weighted by atomic mass is 35.5. The van der Waals surface area contributed by atoms with E-state index in [2.05, 4.69) is 19.2 Å². The molecule has 0 radical (unpaired) electrons. The number of rotatable bonds is 6. The lowest BCUT2D eigenvalue weighted by Crippen LogP contribution is -2.49. The monoisotopic (exact) mass is 369 g/mol. The van der Waals surface area contributed by atoms with Crippen molar-refractivity contribution in [3.63, 3.8) is 0 Å². The number of benzene rings is 1. The lowest BCUT2D eigenvalue weighted by Gasteiger charge is -2.34. The minimum atomic E-state index is -0.443. The van der Waals surface area contributed by atoms with Crippen molar-refractivity contribution in [2.24, 2.45) is 5.92 Å². The van der Waals surface area contributed by atoms with Crippen LogP contribution in [0.15, 0.2) is 18.2 Å². The van der Waals surface area contributed by atoms with Crippen molar-refractivity contribution >= 4 is 35.6 Å². The maximum atomic E-state index is 12.8. The van der Waals surface area contributed by atoms with E-state index in [-0.39, 0.29) is 24.2 Å². The number of amides is 2. The van der Waals surface area contributed by atoms with Crippen LogP contribution in [0.25, 0.3) is 0 Å². The Morgan fingerprint density at radius 1 is 1.36 bits per heavy atom. The molecule has 1 fully saturated rings. The first-order chi connectivity index (χ1) is 11.4. The van der Waals surface area contributed by atoms with Crippen LogP contribution in [-0.2, 0) is 9.59 Å². The molecule has 1 aliphatic heterocycles. The normalized spacial score (nSPS) is 15.5. The van der Waals surface area contributed by atoms with E-state index in [1.165, 1.54) is 0 Å². The molecular weight excluding hydrogens is 342 g/mol. The van der Waals surface area contributed by atoms with Gasteiger partial charge in [-0.2, -0.15) is 0 Å². The van der Waals surface area contributed by atoms with Gasteiger partial charge in [0, 0.05) is 18.7 Å². The Kier molecular flexibility index (Phi) is 8.03. The number of nitrogens with one attached hydrogen (secondary N) is 1. The van der Waals surface area contributed by atoms with E-state index < -0.39 is 6.04 Å². The zero-order valence-electron chi connectivity index (χ0n) is 15.1. The molecule has 0 bridgehead atoms. The van der Waals surface area contributed by atoms with Crippen molar-refractivity contribution in [1.29, 1.82) is 0 Å². The predicted molar refractivity (Wildman–Crippen MR) is 102 cm³/mol. The lowest BCUT2D eigenvalue weighted by molar-refractivity contribution is -0.141. The van der Waals surface area contributed by atoms with E-state index in [1.807, 2.05) is 0 Å². The van der Waals surface area contributed by atoms with Crippen molar-refractivity contribution in [1.82, 2.24) is 4.90 Å². The van der Waals surface area contributed by atoms with Gasteiger partial charge in [0.05, 0.1) is 12.8 Å². The van der Waals surface area contributed by atoms with Crippen LogP contribution in [0.2, 0.25) is 0 Å². The first-order valence-electron chi connectivity index (χ1n) is 8.46. The molecule has 140 valence electrons. The largest absolute Gasteiger partial charge is 0.495 e. The molecule has 7 heteroatoms. The summed E-state index contributed by atoms with van der Waals surface area (Å²) in [6, 6.07) is 4.69. The van der Waals surface area contributed by atoms with Gasteiger partial charge in [-0.25, -0.2) is 0 Å². The molecule has 25 heavy (non-hydrogen) atoms. The van der Waals surface area contributed by atoms with Crippen LogP contribution in [-0.4, -0.2) is 36.4 Å². The summed E-state index contributed by atoms with van der Waals surface area (Å²) in [6.45, 7) is 4.76. The number of halogens is 1. The third-order valence-electron chi connectivity index (χ3n) is 4.23. The van der Waals surface area contributed by atoms with E-state index in [0.717, 1.165) is 12.8 Å². The van der Waals surface area contributed by atoms with Gasteiger partial charge in [-0.3, -0.25) is 9.59 Å². The van der Waals surface area contributed by atoms with Crippen LogP contribution < -0.4 is 15.8 Å². The highest BCUT2D eigenvalue weighted by Crippen LogP contribution is 2.26. The lowest BCUT2D eigenvalue weighted by atomic mass is 9.98. The number of piperidine rings is 1. The third-order valence-corrected chi connectivity index (χ3v) is 4.23. The van der Waals surface area contributed by atoms with Gasteiger partial charge < -0.3 is 20.7 Å². The minimum absolute atomic E-state index is 0. The maximum Gasteiger partial charge on any atom is 0.247 e. The number of likely N-dealkylation sites (tertiary alicyclic amines) is 1. The molecule has 3 N–H and O–H groups in total. The molecule has 1 saturated heterocycles. The smallest absolute Gasteiger partial charge is 0.247 e. The molecule has 0 aromatic heterocycles. The fourth-order valence-electron chi connectivity index (χ4n) is 3.02. The van der Waals surface area contributed by atoms with Gasteiger partial charge in [-0.15, -0.1) is 12.4 Å². The Morgan fingerprint density at radius 2 is 2.08 bits per heavy atom. The number of methoxy groups -OCH3 is 1.